The first-order chi connectivity index (χ1) is 31.7. The first kappa shape index (κ1) is 41.1. The third kappa shape index (κ3) is 8.62. The molecule has 0 aliphatic carbocycles. The van der Waals surface area contributed by atoms with E-state index >= 15 is 0 Å². The van der Waals surface area contributed by atoms with Crippen LogP contribution in [-0.2, 0) is 20.1 Å². The van der Waals surface area contributed by atoms with Gasteiger partial charge in [-0.3, -0.25) is 0 Å². The van der Waals surface area contributed by atoms with Gasteiger partial charge in [0.15, 0.2) is 0 Å². The summed E-state index contributed by atoms with van der Waals surface area (Å²) in [6.45, 7) is 0. The summed E-state index contributed by atoms with van der Waals surface area (Å²) in [6.07, 6.45) is 1.87. The Labute approximate surface area is 393 Å². The number of hydrogen-bond acceptors (Lipinski definition) is 3. The first-order valence-electron chi connectivity index (χ1n) is 21.6. The molecule has 3 nitrogen and oxygen atoms in total. The van der Waals surface area contributed by atoms with Crippen molar-refractivity contribution in [3.8, 4) is 101 Å². The van der Waals surface area contributed by atoms with Crippen molar-refractivity contribution in [2.24, 2.45) is 0 Å². The Bertz CT molecular complexity index is 3360. The molecule has 0 atom stereocenters. The molecule has 0 fully saturated rings. The summed E-state index contributed by atoms with van der Waals surface area (Å²) in [4.78, 5) is 15.8. The van der Waals surface area contributed by atoms with E-state index in [9.17, 15) is 0 Å². The van der Waals surface area contributed by atoms with Crippen molar-refractivity contribution in [2.45, 2.75) is 0 Å². The number of fused-ring (bicyclic) bond motifs is 1. The summed E-state index contributed by atoms with van der Waals surface area (Å²) in [6, 6.07) is 86.8. The van der Waals surface area contributed by atoms with Crippen LogP contribution >= 0.6 is 0 Å². The van der Waals surface area contributed by atoms with E-state index in [1.165, 1.54) is 11.1 Å². The molecule has 0 aliphatic rings. The van der Waals surface area contributed by atoms with Gasteiger partial charge in [-0.1, -0.05) is 175 Å². The molecule has 11 aromatic rings. The maximum atomic E-state index is 5.46. The number of hydrogen-bond donors (Lipinski definition) is 0. The monoisotopic (exact) mass is 1010 g/mol. The van der Waals surface area contributed by atoms with E-state index < -0.39 is 0 Å². The largest absolute Gasteiger partial charge is 0.304 e. The molecule has 0 aliphatic heterocycles. The molecular formula is C61H40IrN3-. The van der Waals surface area contributed by atoms with E-state index in [4.69, 9.17) is 15.0 Å². The van der Waals surface area contributed by atoms with Crippen LogP contribution in [0.1, 0.15) is 0 Å². The van der Waals surface area contributed by atoms with E-state index in [-0.39, 0.29) is 20.1 Å². The molecule has 0 amide bonds. The standard InChI is InChI=1S/C61H40N3.Ir/c1-5-18-42(19-6-1)49-35-50(43-20-7-2-8-21-43)38-53(37-49)58-41-59(64-61(63-58)48-28-17-27-47(34-48)60-57-31-14-13-26-46(57)32-33-62-60)54-39-51(44-22-9-3-10-23-44)36-52(40-54)56-30-16-15-29-55(56)45-24-11-4-12-25-45;/h1-26,28-41H;/q-1;. The van der Waals surface area contributed by atoms with Gasteiger partial charge in [-0.25, -0.2) is 9.97 Å². The minimum Gasteiger partial charge on any atom is -0.304 e. The van der Waals surface area contributed by atoms with Crippen LogP contribution in [0, 0.1) is 6.07 Å². The van der Waals surface area contributed by atoms with E-state index in [0.29, 0.717) is 5.82 Å². The Hall–Kier alpha value is -7.88. The SMILES string of the molecule is [Ir].[c-]1ccc(-c2nc(-c3cc(-c4ccccc4)cc(-c4ccccc4)c3)cc(-c3cc(-c4ccccc4)cc(-c4ccccc4-c4ccccc4)c3)n2)cc1-c1nccc2ccccc12. The summed E-state index contributed by atoms with van der Waals surface area (Å²) in [5, 5.41) is 2.20. The molecule has 11 rings (SSSR count). The summed E-state index contributed by atoms with van der Waals surface area (Å²) >= 11 is 0. The van der Waals surface area contributed by atoms with Gasteiger partial charge >= 0.3 is 0 Å². The molecule has 2 heterocycles. The summed E-state index contributed by atoms with van der Waals surface area (Å²) in [5.41, 5.74) is 17.6. The van der Waals surface area contributed by atoms with Gasteiger partial charge in [0.25, 0.3) is 0 Å². The molecule has 1 radical (unpaired) electrons. The second kappa shape index (κ2) is 18.5. The third-order valence-corrected chi connectivity index (χ3v) is 11.8. The molecule has 309 valence electrons. The van der Waals surface area contributed by atoms with Gasteiger partial charge < -0.3 is 4.98 Å². The molecule has 65 heavy (non-hydrogen) atoms. The molecule has 4 heteroatoms. The van der Waals surface area contributed by atoms with Gasteiger partial charge in [0.1, 0.15) is 5.82 Å². The fourth-order valence-electron chi connectivity index (χ4n) is 8.65. The average Bonchev–Trinajstić information content (AvgIpc) is 3.39. The molecular weight excluding hydrogens is 967 g/mol. The van der Waals surface area contributed by atoms with E-state index in [0.717, 1.165) is 94.6 Å². The Morgan fingerprint density at radius 3 is 1.34 bits per heavy atom. The van der Waals surface area contributed by atoms with Gasteiger partial charge in [-0.05, 0) is 121 Å². The second-order valence-corrected chi connectivity index (χ2v) is 15.9. The second-order valence-electron chi connectivity index (χ2n) is 15.9. The van der Waals surface area contributed by atoms with Crippen LogP contribution in [-0.4, -0.2) is 15.0 Å². The van der Waals surface area contributed by atoms with Crippen LogP contribution in [0.4, 0.5) is 0 Å². The minimum atomic E-state index is 0. The van der Waals surface area contributed by atoms with Gasteiger partial charge in [-0.2, -0.15) is 0 Å². The number of aromatic nitrogens is 3. The normalized spacial score (nSPS) is 11.0. The van der Waals surface area contributed by atoms with Gasteiger partial charge in [0.2, 0.25) is 0 Å². The van der Waals surface area contributed by atoms with Crippen molar-refractivity contribution in [2.75, 3.05) is 0 Å². The number of nitrogens with zero attached hydrogens (tertiary/aromatic N) is 3. The fraction of sp³-hybridized carbons (Fsp3) is 0. The molecule has 0 saturated carbocycles. The van der Waals surface area contributed by atoms with Crippen molar-refractivity contribution in [3.63, 3.8) is 0 Å². The van der Waals surface area contributed by atoms with Crippen LogP contribution < -0.4 is 0 Å². The molecule has 9 aromatic carbocycles. The van der Waals surface area contributed by atoms with Crippen LogP contribution in [0.2, 0.25) is 0 Å². The molecule has 0 spiro atoms. The van der Waals surface area contributed by atoms with E-state index in [1.807, 2.05) is 18.3 Å². The van der Waals surface area contributed by atoms with Crippen molar-refractivity contribution < 1.29 is 20.1 Å². The zero-order chi connectivity index (χ0) is 42.7. The average molecular weight is 1010 g/mol. The molecule has 0 N–H and O–H groups in total. The topological polar surface area (TPSA) is 38.7 Å². The Morgan fingerprint density at radius 1 is 0.323 bits per heavy atom. The van der Waals surface area contributed by atoms with E-state index in [1.54, 1.807) is 0 Å². The molecule has 0 unspecified atom stereocenters. The van der Waals surface area contributed by atoms with Crippen LogP contribution in [0.15, 0.2) is 243 Å². The predicted molar refractivity (Wildman–Crippen MR) is 265 cm³/mol. The summed E-state index contributed by atoms with van der Waals surface area (Å²) < 4.78 is 0. The van der Waals surface area contributed by atoms with E-state index in [2.05, 4.69) is 231 Å². The number of pyridine rings is 1. The minimum absolute atomic E-state index is 0. The van der Waals surface area contributed by atoms with Crippen LogP contribution in [0.3, 0.4) is 0 Å². The first-order valence-corrected chi connectivity index (χ1v) is 21.6. The van der Waals surface area contributed by atoms with Crippen LogP contribution in [0.25, 0.3) is 112 Å². The van der Waals surface area contributed by atoms with Crippen molar-refractivity contribution in [3.05, 3.63) is 249 Å². The summed E-state index contributed by atoms with van der Waals surface area (Å²) in [7, 11) is 0. The third-order valence-electron chi connectivity index (χ3n) is 11.8. The van der Waals surface area contributed by atoms with Crippen molar-refractivity contribution in [1.82, 2.24) is 15.0 Å². The Balaban J connectivity index is 0.00000498. The zero-order valence-corrected chi connectivity index (χ0v) is 37.7. The molecule has 0 bridgehead atoms. The van der Waals surface area contributed by atoms with Gasteiger partial charge in [-0.15, -0.1) is 29.8 Å². The predicted octanol–water partition coefficient (Wildman–Crippen LogP) is 15.8. The van der Waals surface area contributed by atoms with Gasteiger partial charge in [0, 0.05) is 37.4 Å². The van der Waals surface area contributed by atoms with Crippen LogP contribution in [0.5, 0.6) is 0 Å². The maximum absolute atomic E-state index is 5.46. The quantitative estimate of drug-likeness (QED) is 0.135. The fourth-order valence-corrected chi connectivity index (χ4v) is 8.65. The Kier molecular flexibility index (Phi) is 11.7. The number of rotatable bonds is 9. The van der Waals surface area contributed by atoms with Crippen molar-refractivity contribution >= 4 is 10.8 Å². The molecule has 2 aromatic heterocycles. The Morgan fingerprint density at radius 2 is 0.769 bits per heavy atom. The number of benzene rings is 9. The zero-order valence-electron chi connectivity index (χ0n) is 35.3. The summed E-state index contributed by atoms with van der Waals surface area (Å²) in [5.74, 6) is 0.616. The van der Waals surface area contributed by atoms with Crippen molar-refractivity contribution in [1.29, 1.82) is 0 Å². The van der Waals surface area contributed by atoms with Gasteiger partial charge in [0.05, 0.1) is 11.4 Å². The smallest absolute Gasteiger partial charge is 0.142 e. The molecule has 0 saturated heterocycles. The maximum Gasteiger partial charge on any atom is 0.142 e.